The maximum atomic E-state index is 13.2. The molecule has 0 aromatic heterocycles. The predicted octanol–water partition coefficient (Wildman–Crippen LogP) is -1.51. The van der Waals surface area contributed by atoms with Crippen LogP contribution in [0.2, 0.25) is 0 Å². The molecule has 2 aromatic carbocycles. The minimum Gasteiger partial charge on any atom is -0.436 e. The van der Waals surface area contributed by atoms with E-state index < -0.39 is 29.8 Å². The Labute approximate surface area is 146 Å². The summed E-state index contributed by atoms with van der Waals surface area (Å²) in [4.78, 5) is 10.8. The lowest BCUT2D eigenvalue weighted by atomic mass is 10.1. The second-order valence-corrected chi connectivity index (χ2v) is 5.37. The third kappa shape index (κ3) is 4.73. The molecule has 10 heteroatoms. The van der Waals surface area contributed by atoms with Gasteiger partial charge in [0.25, 0.3) is 11.8 Å². The summed E-state index contributed by atoms with van der Waals surface area (Å²) in [5.74, 6) is -7.66. The van der Waals surface area contributed by atoms with E-state index in [9.17, 15) is 34.7 Å². The number of amides is 1. The lowest BCUT2D eigenvalue weighted by molar-refractivity contribution is -0.304. The van der Waals surface area contributed by atoms with Crippen molar-refractivity contribution in [1.82, 2.24) is 5.32 Å². The van der Waals surface area contributed by atoms with Crippen LogP contribution in [-0.2, 0) is 16.7 Å². The van der Waals surface area contributed by atoms with Crippen LogP contribution in [0, 0.1) is 5.82 Å². The number of halogens is 1. The Morgan fingerprint density at radius 2 is 1.69 bits per heavy atom. The highest BCUT2D eigenvalue weighted by Gasteiger charge is 2.32. The summed E-state index contributed by atoms with van der Waals surface area (Å²) in [5.41, 5.74) is 4.34. The first-order valence-electron chi connectivity index (χ1n) is 7.21. The lowest BCUT2D eigenvalue weighted by Crippen LogP contribution is -2.52. The van der Waals surface area contributed by atoms with Crippen LogP contribution >= 0.6 is 0 Å². The van der Waals surface area contributed by atoms with Gasteiger partial charge in [0.2, 0.25) is 0 Å². The zero-order valence-electron chi connectivity index (χ0n) is 13.2. The number of carbonyl (C=O) groups is 1. The van der Waals surface area contributed by atoms with E-state index >= 15 is 0 Å². The summed E-state index contributed by atoms with van der Waals surface area (Å²) in [6.07, 6.45) is -2.02. The van der Waals surface area contributed by atoms with Gasteiger partial charge in [0.15, 0.2) is 6.23 Å². The van der Waals surface area contributed by atoms with Gasteiger partial charge in [-0.2, -0.15) is 0 Å². The van der Waals surface area contributed by atoms with Crippen LogP contribution in [0.25, 0.3) is 0 Å². The first kappa shape index (κ1) is 19.7. The molecule has 8 N–H and O–H groups in total. The van der Waals surface area contributed by atoms with E-state index in [0.717, 1.165) is 36.4 Å². The van der Waals surface area contributed by atoms with Gasteiger partial charge in [-0.1, -0.05) is 6.07 Å². The topological polar surface area (TPSA) is 166 Å². The highest BCUT2D eigenvalue weighted by atomic mass is 19.1. The van der Waals surface area contributed by atoms with Crippen molar-refractivity contribution in [3.63, 3.8) is 0 Å². The van der Waals surface area contributed by atoms with Crippen LogP contribution < -0.4 is 15.8 Å². The molecular weight excluding hydrogens is 351 g/mol. The number of hydrogen-bond donors (Lipinski definition) is 7. The minimum atomic E-state index is -2.83. The average Bonchev–Trinajstić information content (AvgIpc) is 2.54. The van der Waals surface area contributed by atoms with Gasteiger partial charge in [0, 0.05) is 5.56 Å². The van der Waals surface area contributed by atoms with Gasteiger partial charge < -0.3 is 36.0 Å². The number of rotatable bonds is 7. The van der Waals surface area contributed by atoms with E-state index in [-0.39, 0.29) is 16.9 Å². The zero-order valence-corrected chi connectivity index (χ0v) is 13.2. The highest BCUT2D eigenvalue weighted by Crippen LogP contribution is 2.26. The SMILES string of the molecule is NC(=O)C(O)NC(O)(O)c1ccc(OC(O)(O)c2cccc(F)c2)cc1. The summed E-state index contributed by atoms with van der Waals surface area (Å²) in [7, 11) is 0. The number of benzene rings is 2. The van der Waals surface area contributed by atoms with Crippen molar-refractivity contribution >= 4 is 5.91 Å². The molecule has 0 bridgehead atoms. The summed E-state index contributed by atoms with van der Waals surface area (Å²) in [5, 5.41) is 50.6. The van der Waals surface area contributed by atoms with Crippen LogP contribution in [0.1, 0.15) is 11.1 Å². The predicted molar refractivity (Wildman–Crippen MR) is 84.0 cm³/mol. The van der Waals surface area contributed by atoms with Gasteiger partial charge in [-0.3, -0.25) is 4.79 Å². The Hall–Kier alpha value is -2.60. The van der Waals surface area contributed by atoms with E-state index in [1.807, 2.05) is 0 Å². The summed E-state index contributed by atoms with van der Waals surface area (Å²) in [6.45, 7) is 0. The molecule has 1 unspecified atom stereocenters. The second kappa shape index (κ2) is 7.33. The van der Waals surface area contributed by atoms with Gasteiger partial charge in [-0.25, -0.2) is 9.71 Å². The molecule has 140 valence electrons. The number of aliphatic hydroxyl groups excluding tert-OH is 1. The number of ether oxygens (including phenoxy) is 1. The zero-order chi connectivity index (χ0) is 19.5. The molecule has 9 nitrogen and oxygen atoms in total. The second-order valence-electron chi connectivity index (χ2n) is 5.37. The summed E-state index contributed by atoms with van der Waals surface area (Å²) in [6, 6.07) is 9.00. The van der Waals surface area contributed by atoms with E-state index in [1.54, 1.807) is 5.32 Å². The number of nitrogens with two attached hydrogens (primary N) is 1. The Balaban J connectivity index is 2.15. The monoisotopic (exact) mass is 368 g/mol. The van der Waals surface area contributed by atoms with Crippen LogP contribution in [0.3, 0.4) is 0 Å². The van der Waals surface area contributed by atoms with Crippen molar-refractivity contribution in [2.24, 2.45) is 5.73 Å². The lowest BCUT2D eigenvalue weighted by Gasteiger charge is -2.26. The molecule has 1 amide bonds. The molecule has 0 saturated carbocycles. The summed E-state index contributed by atoms with van der Waals surface area (Å²) < 4.78 is 18.2. The fourth-order valence-corrected chi connectivity index (χ4v) is 2.01. The third-order valence-corrected chi connectivity index (χ3v) is 3.33. The summed E-state index contributed by atoms with van der Waals surface area (Å²) >= 11 is 0. The third-order valence-electron chi connectivity index (χ3n) is 3.33. The maximum Gasteiger partial charge on any atom is 0.351 e. The fraction of sp³-hybridized carbons (Fsp3) is 0.188. The van der Waals surface area contributed by atoms with Crippen LogP contribution in [0.5, 0.6) is 5.75 Å². The molecule has 0 radical (unpaired) electrons. The molecule has 0 heterocycles. The standard InChI is InChI=1S/C16H17FN2O7/c17-11-3-1-2-10(8-11)16(24,25)26-12-6-4-9(5-7-12)15(22,23)19-14(21)13(18)20/h1-8,14,19,21-25H,(H2,18,20). The van der Waals surface area contributed by atoms with Gasteiger partial charge >= 0.3 is 5.97 Å². The van der Waals surface area contributed by atoms with Gasteiger partial charge in [-0.15, -0.1) is 0 Å². The van der Waals surface area contributed by atoms with Gasteiger partial charge in [0.1, 0.15) is 11.6 Å². The molecule has 0 aliphatic heterocycles. The van der Waals surface area contributed by atoms with Crippen molar-refractivity contribution in [2.45, 2.75) is 18.1 Å². The van der Waals surface area contributed by atoms with Crippen LogP contribution in [-0.4, -0.2) is 37.7 Å². The van der Waals surface area contributed by atoms with Crippen molar-refractivity contribution in [1.29, 1.82) is 0 Å². The molecule has 0 saturated heterocycles. The van der Waals surface area contributed by atoms with Crippen molar-refractivity contribution in [2.75, 3.05) is 0 Å². The van der Waals surface area contributed by atoms with E-state index in [1.165, 1.54) is 12.1 Å². The van der Waals surface area contributed by atoms with Crippen molar-refractivity contribution in [3.05, 3.63) is 65.5 Å². The molecule has 1 atom stereocenters. The van der Waals surface area contributed by atoms with E-state index in [4.69, 9.17) is 10.5 Å². The highest BCUT2D eigenvalue weighted by molar-refractivity contribution is 5.78. The molecule has 0 fully saturated rings. The molecule has 0 aliphatic rings. The van der Waals surface area contributed by atoms with Crippen LogP contribution in [0.15, 0.2) is 48.5 Å². The van der Waals surface area contributed by atoms with Crippen molar-refractivity contribution in [3.8, 4) is 5.75 Å². The number of nitrogens with one attached hydrogen (secondary N) is 1. The largest absolute Gasteiger partial charge is 0.436 e. The Kier molecular flexibility index (Phi) is 5.56. The molecule has 0 aliphatic carbocycles. The van der Waals surface area contributed by atoms with Crippen LogP contribution in [0.4, 0.5) is 4.39 Å². The first-order chi connectivity index (χ1) is 12.0. The Morgan fingerprint density at radius 3 is 2.23 bits per heavy atom. The van der Waals surface area contributed by atoms with Gasteiger partial charge in [0.05, 0.1) is 5.56 Å². The van der Waals surface area contributed by atoms with E-state index in [0.29, 0.717) is 0 Å². The fourth-order valence-electron chi connectivity index (χ4n) is 2.01. The van der Waals surface area contributed by atoms with Crippen molar-refractivity contribution < 1.29 is 39.5 Å². The van der Waals surface area contributed by atoms with Gasteiger partial charge in [-0.05, 0) is 42.5 Å². The molecular formula is C16H17FN2O7. The number of carbonyl (C=O) groups excluding carboxylic acids is 1. The Morgan fingerprint density at radius 1 is 1.08 bits per heavy atom. The molecule has 0 spiro atoms. The maximum absolute atomic E-state index is 13.2. The average molecular weight is 368 g/mol. The quantitative estimate of drug-likeness (QED) is 0.290. The number of aliphatic hydroxyl groups is 5. The molecule has 26 heavy (non-hydrogen) atoms. The molecule has 2 aromatic rings. The number of hydrogen-bond acceptors (Lipinski definition) is 8. The van der Waals surface area contributed by atoms with E-state index in [2.05, 4.69) is 0 Å². The normalized spacial score (nSPS) is 13.3. The first-order valence-corrected chi connectivity index (χ1v) is 7.21. The Bertz CT molecular complexity index is 780. The molecule has 2 rings (SSSR count). The number of primary amides is 1. The smallest absolute Gasteiger partial charge is 0.351 e. The minimum absolute atomic E-state index is 0.103.